The summed E-state index contributed by atoms with van der Waals surface area (Å²) in [6, 6.07) is 0.632. The third-order valence-corrected chi connectivity index (χ3v) is 2.51. The molecule has 0 aromatic heterocycles. The Hall–Kier alpha value is 0.660. The predicted octanol–water partition coefficient (Wildman–Crippen LogP) is 2.30. The molecule has 0 radical (unpaired) electrons. The number of hydrogen-bond acceptors (Lipinski definition) is 1. The van der Waals surface area contributed by atoms with E-state index >= 15 is 0 Å². The van der Waals surface area contributed by atoms with Crippen molar-refractivity contribution in [2.45, 2.75) is 57.7 Å². The molecule has 1 aliphatic rings. The maximum absolute atomic E-state index is 4.80. The zero-order valence-corrected chi connectivity index (χ0v) is 10.7. The number of nitrogens with zero attached hydrogens (tertiary/aromatic N) is 1. The molecular weight excluding hydrogens is 256 g/mol. The van der Waals surface area contributed by atoms with Crippen LogP contribution in [0.3, 0.4) is 0 Å². The summed E-state index contributed by atoms with van der Waals surface area (Å²) in [6.45, 7) is 8.88. The van der Waals surface area contributed by atoms with E-state index in [1.165, 1.54) is 0 Å². The Morgan fingerprint density at radius 1 is 1.08 bits per heavy atom. The number of piperidine rings is 1. The van der Waals surface area contributed by atoms with Crippen LogP contribution in [0.1, 0.15) is 40.5 Å². The molecule has 0 amide bonds. The summed E-state index contributed by atoms with van der Waals surface area (Å²) in [5, 5.41) is 8.16. The van der Waals surface area contributed by atoms with Crippen LogP contribution in [0, 0.1) is 0 Å². The van der Waals surface area contributed by atoms with Crippen LogP contribution in [0.15, 0.2) is 0 Å². The fraction of sp³-hybridized carbons (Fsp3) is 1.00. The van der Waals surface area contributed by atoms with Gasteiger partial charge in [0.25, 0.3) is 0 Å². The van der Waals surface area contributed by atoms with Gasteiger partial charge in [-0.2, -0.15) is 0 Å². The van der Waals surface area contributed by atoms with Gasteiger partial charge in [0.15, 0.2) is 0 Å². The second kappa shape index (κ2) is 4.45. The van der Waals surface area contributed by atoms with Crippen molar-refractivity contribution in [1.29, 1.82) is 0 Å². The fourth-order valence-electron chi connectivity index (χ4n) is 2.39. The molecule has 1 rings (SSSR count). The largest absolute Gasteiger partial charge is 1.00 e. The van der Waals surface area contributed by atoms with Gasteiger partial charge in [0.2, 0.25) is 0 Å². The van der Waals surface area contributed by atoms with Crippen LogP contribution in [0.25, 0.3) is 5.32 Å². The van der Waals surface area contributed by atoms with Gasteiger partial charge in [-0.3, -0.25) is 0 Å². The van der Waals surface area contributed by atoms with Gasteiger partial charge in [0.05, 0.1) is 0 Å². The quantitative estimate of drug-likeness (QED) is 0.731. The van der Waals surface area contributed by atoms with Gasteiger partial charge in [-0.15, -0.1) is 11.1 Å². The number of nitrogens with one attached hydrogen (secondary N) is 1. The summed E-state index contributed by atoms with van der Waals surface area (Å²) in [5.41, 5.74) is 0.296. The Morgan fingerprint density at radius 3 is 1.77 bits per heavy atom. The molecule has 82 valence electrons. The molecule has 0 atom stereocenters. The number of rotatable bonds is 1. The van der Waals surface area contributed by atoms with Crippen LogP contribution in [0.4, 0.5) is 0 Å². The van der Waals surface area contributed by atoms with Gasteiger partial charge in [-0.1, -0.05) is 40.5 Å². The van der Waals surface area contributed by atoms with Crippen LogP contribution >= 0.6 is 0 Å². The standard InChI is InChI=1S/C10H21N2.Ag/c1-9(2)6-8(11-5)7-10(3,4)12-9;/h8,11H,6-7H2,1-5H3;/q-1;+1. The summed E-state index contributed by atoms with van der Waals surface area (Å²) >= 11 is 0. The first-order chi connectivity index (χ1) is 5.35. The van der Waals surface area contributed by atoms with E-state index in [0.29, 0.717) is 6.04 Å². The Morgan fingerprint density at radius 2 is 1.46 bits per heavy atom. The smallest absolute Gasteiger partial charge is 0.652 e. The first kappa shape index (κ1) is 13.7. The van der Waals surface area contributed by atoms with E-state index in [1.54, 1.807) is 0 Å². The molecule has 0 spiro atoms. The molecule has 2 nitrogen and oxygen atoms in total. The Balaban J connectivity index is 0.00000144. The molecule has 1 N–H and O–H groups in total. The molecule has 0 aliphatic carbocycles. The molecule has 1 heterocycles. The zero-order chi connectivity index (χ0) is 9.41. The molecular formula is C10H21AgN2. The van der Waals surface area contributed by atoms with Crippen LogP contribution < -0.4 is 5.32 Å². The topological polar surface area (TPSA) is 26.1 Å². The molecule has 0 bridgehead atoms. The van der Waals surface area contributed by atoms with Crippen molar-refractivity contribution in [2.24, 2.45) is 0 Å². The van der Waals surface area contributed by atoms with Crippen molar-refractivity contribution < 1.29 is 22.4 Å². The molecule has 0 unspecified atom stereocenters. The molecule has 1 aliphatic heterocycles. The van der Waals surface area contributed by atoms with E-state index in [4.69, 9.17) is 5.32 Å². The van der Waals surface area contributed by atoms with Gasteiger partial charge in [-0.25, -0.2) is 0 Å². The fourth-order valence-corrected chi connectivity index (χ4v) is 2.39. The maximum atomic E-state index is 4.80. The van der Waals surface area contributed by atoms with E-state index in [0.717, 1.165) is 12.8 Å². The third-order valence-electron chi connectivity index (χ3n) is 2.51. The van der Waals surface area contributed by atoms with Crippen LogP contribution in [-0.2, 0) is 22.4 Å². The van der Waals surface area contributed by atoms with Gasteiger partial charge in [0.1, 0.15) is 0 Å². The predicted molar refractivity (Wildman–Crippen MR) is 53.6 cm³/mol. The molecule has 0 aromatic rings. The summed E-state index contributed by atoms with van der Waals surface area (Å²) in [6.07, 6.45) is 2.32. The summed E-state index contributed by atoms with van der Waals surface area (Å²) in [5.74, 6) is 0. The summed E-state index contributed by atoms with van der Waals surface area (Å²) in [4.78, 5) is 0. The van der Waals surface area contributed by atoms with Crippen molar-refractivity contribution in [3.8, 4) is 0 Å². The van der Waals surface area contributed by atoms with E-state index in [1.807, 2.05) is 7.05 Å². The van der Waals surface area contributed by atoms with Crippen molar-refractivity contribution in [1.82, 2.24) is 5.32 Å². The summed E-state index contributed by atoms with van der Waals surface area (Å²) in [7, 11) is 2.04. The average molecular weight is 277 g/mol. The van der Waals surface area contributed by atoms with E-state index in [-0.39, 0.29) is 33.5 Å². The first-order valence-electron chi connectivity index (χ1n) is 4.76. The van der Waals surface area contributed by atoms with Crippen LogP contribution in [0.5, 0.6) is 0 Å². The Labute approximate surface area is 97.8 Å². The average Bonchev–Trinajstić information content (AvgIpc) is 1.80. The van der Waals surface area contributed by atoms with Crippen LogP contribution in [0.2, 0.25) is 0 Å². The van der Waals surface area contributed by atoms with Crippen molar-refractivity contribution in [2.75, 3.05) is 7.05 Å². The molecule has 0 aromatic carbocycles. The molecule has 1 saturated heterocycles. The van der Waals surface area contributed by atoms with Crippen LogP contribution in [-0.4, -0.2) is 24.2 Å². The first-order valence-corrected chi connectivity index (χ1v) is 4.76. The summed E-state index contributed by atoms with van der Waals surface area (Å²) < 4.78 is 0. The molecule has 1 fully saturated rings. The molecule has 0 saturated carbocycles. The van der Waals surface area contributed by atoms with Gasteiger partial charge >= 0.3 is 22.4 Å². The molecule has 3 heteroatoms. The van der Waals surface area contributed by atoms with Gasteiger partial charge in [-0.05, 0) is 7.05 Å². The second-order valence-electron chi connectivity index (χ2n) is 5.13. The van der Waals surface area contributed by atoms with Gasteiger partial charge < -0.3 is 10.6 Å². The Kier molecular flexibility index (Phi) is 4.68. The minimum absolute atomic E-state index is 0. The monoisotopic (exact) mass is 276 g/mol. The second-order valence-corrected chi connectivity index (χ2v) is 5.13. The number of hydrogen-bond donors (Lipinski definition) is 1. The Bertz CT molecular complexity index is 150. The molecule has 13 heavy (non-hydrogen) atoms. The van der Waals surface area contributed by atoms with Gasteiger partial charge in [0, 0.05) is 6.04 Å². The van der Waals surface area contributed by atoms with E-state index < -0.39 is 0 Å². The van der Waals surface area contributed by atoms with Crippen molar-refractivity contribution in [3.63, 3.8) is 0 Å². The minimum Gasteiger partial charge on any atom is -0.652 e. The van der Waals surface area contributed by atoms with E-state index in [9.17, 15) is 0 Å². The van der Waals surface area contributed by atoms with E-state index in [2.05, 4.69) is 33.0 Å². The zero-order valence-electron chi connectivity index (χ0n) is 9.24. The van der Waals surface area contributed by atoms with Crippen molar-refractivity contribution >= 4 is 0 Å². The van der Waals surface area contributed by atoms with Crippen molar-refractivity contribution in [3.05, 3.63) is 5.32 Å². The normalized spacial score (nSPS) is 26.5. The minimum atomic E-state index is 0. The third kappa shape index (κ3) is 4.13. The SMILES string of the molecule is CNC1CC(C)(C)[N-]C(C)(C)C1.[Ag+]. The maximum Gasteiger partial charge on any atom is 1.00 e.